The molecule has 3 rings (SSSR count). The largest absolute Gasteiger partial charge is 0.442 e. The van der Waals surface area contributed by atoms with Gasteiger partial charge in [0.1, 0.15) is 0 Å². The SMILES string of the molecule is CCCC(NC(=O)C1Oc2ccccc2O1)c1cccs1. The Morgan fingerprint density at radius 2 is 1.95 bits per heavy atom. The van der Waals surface area contributed by atoms with Crippen LogP contribution >= 0.6 is 11.3 Å². The van der Waals surface area contributed by atoms with Crippen molar-refractivity contribution in [3.05, 3.63) is 46.7 Å². The first-order chi connectivity index (χ1) is 10.3. The van der Waals surface area contributed by atoms with Gasteiger partial charge in [-0.25, -0.2) is 0 Å². The molecule has 0 saturated carbocycles. The summed E-state index contributed by atoms with van der Waals surface area (Å²) in [7, 11) is 0. The minimum atomic E-state index is -0.901. The van der Waals surface area contributed by atoms with Gasteiger partial charge in [-0.2, -0.15) is 0 Å². The van der Waals surface area contributed by atoms with Crippen LogP contribution in [0.25, 0.3) is 0 Å². The van der Waals surface area contributed by atoms with Gasteiger partial charge in [0.2, 0.25) is 0 Å². The van der Waals surface area contributed by atoms with Crippen molar-refractivity contribution in [2.45, 2.75) is 32.1 Å². The fraction of sp³-hybridized carbons (Fsp3) is 0.312. The Balaban J connectivity index is 1.66. The number of carbonyl (C=O) groups excluding carboxylic acids is 1. The normalized spacial score (nSPS) is 14.9. The van der Waals surface area contributed by atoms with Crippen LogP contribution in [-0.2, 0) is 4.79 Å². The molecule has 1 amide bonds. The fourth-order valence-corrected chi connectivity index (χ4v) is 3.12. The van der Waals surface area contributed by atoms with Crippen LogP contribution in [0.5, 0.6) is 11.5 Å². The zero-order valence-electron chi connectivity index (χ0n) is 11.7. The third-order valence-corrected chi connectivity index (χ3v) is 4.30. The van der Waals surface area contributed by atoms with E-state index >= 15 is 0 Å². The number of thiophene rings is 1. The fourth-order valence-electron chi connectivity index (χ4n) is 2.31. The van der Waals surface area contributed by atoms with E-state index in [1.54, 1.807) is 23.5 Å². The van der Waals surface area contributed by atoms with Crippen LogP contribution in [0.1, 0.15) is 30.7 Å². The molecule has 0 spiro atoms. The van der Waals surface area contributed by atoms with Crippen LogP contribution < -0.4 is 14.8 Å². The lowest BCUT2D eigenvalue weighted by Crippen LogP contribution is -2.41. The zero-order chi connectivity index (χ0) is 14.7. The first kappa shape index (κ1) is 13.9. The zero-order valence-corrected chi connectivity index (χ0v) is 12.6. The Morgan fingerprint density at radius 3 is 2.52 bits per heavy atom. The van der Waals surface area contributed by atoms with Crippen molar-refractivity contribution in [2.75, 3.05) is 0 Å². The molecular weight excluding hydrogens is 286 g/mol. The molecule has 1 unspecified atom stereocenters. The number of fused-ring (bicyclic) bond motifs is 1. The molecule has 1 atom stereocenters. The molecule has 1 aromatic heterocycles. The first-order valence-corrected chi connectivity index (χ1v) is 7.92. The highest BCUT2D eigenvalue weighted by Crippen LogP contribution is 2.34. The van der Waals surface area contributed by atoms with Crippen LogP contribution in [0, 0.1) is 0 Å². The van der Waals surface area contributed by atoms with Gasteiger partial charge in [-0.05, 0) is 30.0 Å². The Kier molecular flexibility index (Phi) is 4.10. The standard InChI is InChI=1S/C16H17NO3S/c1-2-6-11(14-9-5-10-21-14)17-15(18)16-19-12-7-3-4-8-13(12)20-16/h3-5,7-11,16H,2,6H2,1H3,(H,17,18). The lowest BCUT2D eigenvalue weighted by Gasteiger charge is -2.18. The van der Waals surface area contributed by atoms with Gasteiger partial charge in [0.05, 0.1) is 6.04 Å². The molecule has 2 heterocycles. The third-order valence-electron chi connectivity index (χ3n) is 3.31. The number of nitrogens with one attached hydrogen (secondary N) is 1. The number of hydrogen-bond donors (Lipinski definition) is 1. The van der Waals surface area contributed by atoms with Gasteiger partial charge in [0, 0.05) is 4.88 Å². The minimum absolute atomic E-state index is 0.0124. The van der Waals surface area contributed by atoms with Crippen molar-refractivity contribution < 1.29 is 14.3 Å². The van der Waals surface area contributed by atoms with E-state index in [2.05, 4.69) is 12.2 Å². The van der Waals surface area contributed by atoms with Gasteiger partial charge < -0.3 is 14.8 Å². The molecule has 1 N–H and O–H groups in total. The molecule has 0 radical (unpaired) electrons. The maximum atomic E-state index is 12.3. The van der Waals surface area contributed by atoms with Gasteiger partial charge in [0.25, 0.3) is 0 Å². The van der Waals surface area contributed by atoms with Gasteiger partial charge in [-0.3, -0.25) is 4.79 Å². The van der Waals surface area contributed by atoms with E-state index in [4.69, 9.17) is 9.47 Å². The second-order valence-corrected chi connectivity index (χ2v) is 5.86. The summed E-state index contributed by atoms with van der Waals surface area (Å²) in [6.45, 7) is 2.10. The molecule has 0 bridgehead atoms. The van der Waals surface area contributed by atoms with E-state index in [-0.39, 0.29) is 11.9 Å². The topological polar surface area (TPSA) is 47.6 Å². The summed E-state index contributed by atoms with van der Waals surface area (Å²) >= 11 is 1.65. The molecule has 5 heteroatoms. The minimum Gasteiger partial charge on any atom is -0.442 e. The van der Waals surface area contributed by atoms with Crippen LogP contribution in [0.3, 0.4) is 0 Å². The summed E-state index contributed by atoms with van der Waals surface area (Å²) in [5.41, 5.74) is 0. The summed E-state index contributed by atoms with van der Waals surface area (Å²) in [5.74, 6) is 0.986. The number of ether oxygens (including phenoxy) is 2. The molecule has 1 aliphatic rings. The van der Waals surface area contributed by atoms with Crippen molar-refractivity contribution in [2.24, 2.45) is 0 Å². The van der Waals surface area contributed by atoms with Gasteiger partial charge in [-0.15, -0.1) is 11.3 Å². The van der Waals surface area contributed by atoms with E-state index in [0.29, 0.717) is 11.5 Å². The number of rotatable bonds is 5. The van der Waals surface area contributed by atoms with Crippen molar-refractivity contribution in [1.29, 1.82) is 0 Å². The second kappa shape index (κ2) is 6.18. The maximum absolute atomic E-state index is 12.3. The molecule has 0 fully saturated rings. The monoisotopic (exact) mass is 303 g/mol. The molecular formula is C16H17NO3S. The van der Waals surface area contributed by atoms with Crippen LogP contribution in [0.4, 0.5) is 0 Å². The quantitative estimate of drug-likeness (QED) is 0.919. The molecule has 0 saturated heterocycles. The van der Waals surface area contributed by atoms with Crippen molar-refractivity contribution in [1.82, 2.24) is 5.32 Å². The highest BCUT2D eigenvalue weighted by Gasteiger charge is 2.31. The van der Waals surface area contributed by atoms with E-state index in [1.165, 1.54) is 0 Å². The summed E-state index contributed by atoms with van der Waals surface area (Å²) in [5, 5.41) is 5.04. The van der Waals surface area contributed by atoms with E-state index in [9.17, 15) is 4.79 Å². The first-order valence-electron chi connectivity index (χ1n) is 7.04. The van der Waals surface area contributed by atoms with Crippen LogP contribution in [0.2, 0.25) is 0 Å². The van der Waals surface area contributed by atoms with Crippen LogP contribution in [0.15, 0.2) is 41.8 Å². The van der Waals surface area contributed by atoms with Gasteiger partial charge in [-0.1, -0.05) is 31.5 Å². The molecule has 1 aromatic carbocycles. The van der Waals surface area contributed by atoms with Gasteiger partial charge >= 0.3 is 12.2 Å². The van der Waals surface area contributed by atoms with E-state index in [0.717, 1.165) is 17.7 Å². The Labute approximate surface area is 127 Å². The summed E-state index contributed by atoms with van der Waals surface area (Å²) in [6.07, 6.45) is 0.989. The Hall–Kier alpha value is -2.01. The van der Waals surface area contributed by atoms with Gasteiger partial charge in [0.15, 0.2) is 11.5 Å². The Morgan fingerprint density at radius 1 is 1.24 bits per heavy atom. The average molecular weight is 303 g/mol. The predicted molar refractivity (Wildman–Crippen MR) is 81.6 cm³/mol. The van der Waals surface area contributed by atoms with Crippen molar-refractivity contribution in [3.63, 3.8) is 0 Å². The molecule has 1 aliphatic heterocycles. The molecule has 0 aliphatic carbocycles. The van der Waals surface area contributed by atoms with E-state index < -0.39 is 6.29 Å². The smallest absolute Gasteiger partial charge is 0.321 e. The predicted octanol–water partition coefficient (Wildman–Crippen LogP) is 3.50. The number of amides is 1. The Bertz CT molecular complexity index is 587. The van der Waals surface area contributed by atoms with E-state index in [1.807, 2.05) is 29.6 Å². The second-order valence-electron chi connectivity index (χ2n) is 4.88. The molecule has 4 nitrogen and oxygen atoms in total. The molecule has 21 heavy (non-hydrogen) atoms. The summed E-state index contributed by atoms with van der Waals surface area (Å²) in [6, 6.07) is 11.3. The van der Waals surface area contributed by atoms with Crippen LogP contribution in [-0.4, -0.2) is 12.2 Å². The highest BCUT2D eigenvalue weighted by atomic mass is 32.1. The highest BCUT2D eigenvalue weighted by molar-refractivity contribution is 7.10. The summed E-state index contributed by atoms with van der Waals surface area (Å²) in [4.78, 5) is 13.5. The lowest BCUT2D eigenvalue weighted by molar-refractivity contribution is -0.137. The number of carbonyl (C=O) groups is 1. The number of para-hydroxylation sites is 2. The molecule has 2 aromatic rings. The average Bonchev–Trinajstić information content (AvgIpc) is 3.16. The summed E-state index contributed by atoms with van der Waals surface area (Å²) < 4.78 is 11.1. The number of hydrogen-bond acceptors (Lipinski definition) is 4. The maximum Gasteiger partial charge on any atom is 0.321 e. The third kappa shape index (κ3) is 3.03. The molecule has 110 valence electrons. The van der Waals surface area contributed by atoms with Crippen molar-refractivity contribution in [3.8, 4) is 11.5 Å². The van der Waals surface area contributed by atoms with Crippen molar-refractivity contribution >= 4 is 17.2 Å². The lowest BCUT2D eigenvalue weighted by atomic mass is 10.1. The number of benzene rings is 1.